The minimum atomic E-state index is -0.893. The average molecular weight is 265 g/mol. The number of carboxylic acids is 1. The Kier molecular flexibility index (Phi) is 10.6. The number of rotatable bonds is 5. The minimum absolute atomic E-state index is 0. The van der Waals surface area contributed by atoms with Crippen LogP contribution in [0.5, 0.6) is 0 Å². The Hall–Kier alpha value is 0.288. The summed E-state index contributed by atoms with van der Waals surface area (Å²) < 4.78 is 0. The van der Waals surface area contributed by atoms with Gasteiger partial charge in [0.2, 0.25) is 0 Å². The van der Waals surface area contributed by atoms with Gasteiger partial charge in [0, 0.05) is 5.97 Å². The number of carboxylic acid groups (broad SMARTS) is 1. The second-order valence-corrected chi connectivity index (χ2v) is 2.57. The van der Waals surface area contributed by atoms with E-state index in [4.69, 9.17) is 0 Å². The molecule has 0 heterocycles. The van der Waals surface area contributed by atoms with Crippen LogP contribution in [0.3, 0.4) is 0 Å². The molecule has 0 N–H and O–H groups in total. The summed E-state index contributed by atoms with van der Waals surface area (Å²) in [5, 5.41) is 10.3. The maximum absolute atomic E-state index is 10.3. The third-order valence-corrected chi connectivity index (χ3v) is 1.73. The Morgan fingerprint density at radius 2 is 2.00 bits per heavy atom. The van der Waals surface area contributed by atoms with E-state index in [1.54, 1.807) is 0 Å². The molecule has 0 fully saturated rings. The number of unbranched alkanes of at least 4 members (excludes halogenated alkanes) is 1. The van der Waals surface area contributed by atoms with Crippen LogP contribution in [0.1, 0.15) is 39.5 Å². The summed E-state index contributed by atoms with van der Waals surface area (Å²) >= 11 is 0. The van der Waals surface area contributed by atoms with Crippen LogP contribution in [0.25, 0.3) is 0 Å². The Labute approximate surface area is 85.8 Å². The first-order chi connectivity index (χ1) is 4.72. The molecule has 3 heteroatoms. The van der Waals surface area contributed by atoms with Crippen molar-refractivity contribution >= 4 is 30.4 Å². The number of carbonyl (C=O) groups excluding carboxylic acids is 1. The predicted octanol–water partition coefficient (Wildman–Crippen LogP) is 0.572. The van der Waals surface area contributed by atoms with Crippen molar-refractivity contribution in [3.63, 3.8) is 0 Å². The molecule has 2 radical (unpaired) electrons. The van der Waals surface area contributed by atoms with Crippen LogP contribution in [0.4, 0.5) is 0 Å². The maximum Gasteiger partial charge on any atom is 3.00 e. The summed E-state index contributed by atoms with van der Waals surface area (Å²) in [6.45, 7) is 3.94. The van der Waals surface area contributed by atoms with Crippen LogP contribution in [0.2, 0.25) is 0 Å². The monoisotopic (exact) mass is 264 g/mol. The SMILES string of the molecule is CCCCC(CC)C(=O)[O-].[Sb+3]. The van der Waals surface area contributed by atoms with Gasteiger partial charge in [0.1, 0.15) is 0 Å². The van der Waals surface area contributed by atoms with E-state index in [-0.39, 0.29) is 30.3 Å². The van der Waals surface area contributed by atoms with Crippen LogP contribution < -0.4 is 5.11 Å². The molecule has 62 valence electrons. The summed E-state index contributed by atoms with van der Waals surface area (Å²) in [7, 11) is 0. The molecular weight excluding hydrogens is 250 g/mol. The summed E-state index contributed by atoms with van der Waals surface area (Å²) in [4.78, 5) is 10.3. The fourth-order valence-electron chi connectivity index (χ4n) is 0.939. The van der Waals surface area contributed by atoms with E-state index in [0.717, 1.165) is 19.3 Å². The standard InChI is InChI=1S/C8H16O2.Sb/c1-3-5-6-7(4-2)8(9)10;/h7H,3-6H2,1-2H3,(H,9,10);/q;+3/p-1. The van der Waals surface area contributed by atoms with Gasteiger partial charge in [-0.05, 0) is 18.8 Å². The Balaban J connectivity index is 0. The maximum atomic E-state index is 10.3. The molecular formula is C8H15O2Sb+2. The molecule has 11 heavy (non-hydrogen) atoms. The van der Waals surface area contributed by atoms with Crippen molar-refractivity contribution < 1.29 is 9.90 Å². The number of carbonyl (C=O) groups is 1. The second kappa shape index (κ2) is 8.39. The van der Waals surface area contributed by atoms with Gasteiger partial charge in [-0.3, -0.25) is 0 Å². The molecule has 0 aromatic heterocycles. The zero-order chi connectivity index (χ0) is 7.98. The molecule has 1 unspecified atom stereocenters. The van der Waals surface area contributed by atoms with E-state index in [1.807, 2.05) is 6.92 Å². The van der Waals surface area contributed by atoms with Gasteiger partial charge in [-0.2, -0.15) is 0 Å². The zero-order valence-corrected chi connectivity index (χ0v) is 9.72. The van der Waals surface area contributed by atoms with Crippen molar-refractivity contribution in [3.05, 3.63) is 0 Å². The molecule has 0 saturated heterocycles. The van der Waals surface area contributed by atoms with Crippen molar-refractivity contribution in [1.29, 1.82) is 0 Å². The normalized spacial score (nSPS) is 11.8. The first kappa shape index (κ1) is 13.8. The van der Waals surface area contributed by atoms with Crippen molar-refractivity contribution in [2.75, 3.05) is 0 Å². The van der Waals surface area contributed by atoms with Crippen LogP contribution >= 0.6 is 0 Å². The molecule has 0 aliphatic heterocycles. The van der Waals surface area contributed by atoms with Crippen LogP contribution in [-0.2, 0) is 4.79 Å². The molecule has 0 rings (SSSR count). The van der Waals surface area contributed by atoms with Gasteiger partial charge < -0.3 is 9.90 Å². The molecule has 1 atom stereocenters. The summed E-state index contributed by atoms with van der Waals surface area (Å²) in [5.74, 6) is -1.11. The molecule has 0 saturated carbocycles. The molecule has 0 aromatic rings. The molecule has 0 amide bonds. The number of hydrogen-bond donors (Lipinski definition) is 0. The first-order valence-corrected chi connectivity index (χ1v) is 3.93. The summed E-state index contributed by atoms with van der Waals surface area (Å²) in [6.07, 6.45) is 3.52. The van der Waals surface area contributed by atoms with E-state index < -0.39 is 5.97 Å². The molecule has 0 aliphatic carbocycles. The molecule has 0 spiro atoms. The minimum Gasteiger partial charge on any atom is -0.550 e. The van der Waals surface area contributed by atoms with Gasteiger partial charge >= 0.3 is 24.4 Å². The number of aliphatic carboxylic acids is 1. The van der Waals surface area contributed by atoms with Crippen molar-refractivity contribution in [2.24, 2.45) is 5.92 Å². The third-order valence-electron chi connectivity index (χ3n) is 1.73. The van der Waals surface area contributed by atoms with Gasteiger partial charge in [-0.1, -0.05) is 26.7 Å². The largest absolute Gasteiger partial charge is 3.00 e. The summed E-state index contributed by atoms with van der Waals surface area (Å²) in [5.41, 5.74) is 0. The van der Waals surface area contributed by atoms with E-state index in [0.29, 0.717) is 6.42 Å². The van der Waals surface area contributed by atoms with Crippen molar-refractivity contribution in [1.82, 2.24) is 0 Å². The van der Waals surface area contributed by atoms with Crippen LogP contribution in [0.15, 0.2) is 0 Å². The number of hydrogen-bond acceptors (Lipinski definition) is 2. The fourth-order valence-corrected chi connectivity index (χ4v) is 0.939. The smallest absolute Gasteiger partial charge is 0.550 e. The quantitative estimate of drug-likeness (QED) is 0.682. The average Bonchev–Trinajstić information content (AvgIpc) is 1.89. The van der Waals surface area contributed by atoms with E-state index in [2.05, 4.69) is 6.92 Å². The van der Waals surface area contributed by atoms with Crippen molar-refractivity contribution in [2.45, 2.75) is 39.5 Å². The predicted molar refractivity (Wildman–Crippen MR) is 44.1 cm³/mol. The Morgan fingerprint density at radius 3 is 2.27 bits per heavy atom. The Morgan fingerprint density at radius 1 is 1.45 bits per heavy atom. The van der Waals surface area contributed by atoms with Crippen LogP contribution in [0, 0.1) is 5.92 Å². The molecule has 0 aromatic carbocycles. The molecule has 0 aliphatic rings. The van der Waals surface area contributed by atoms with Gasteiger partial charge in [-0.25, -0.2) is 0 Å². The van der Waals surface area contributed by atoms with Gasteiger partial charge in [0.05, 0.1) is 0 Å². The van der Waals surface area contributed by atoms with Gasteiger partial charge in [-0.15, -0.1) is 0 Å². The summed E-state index contributed by atoms with van der Waals surface area (Å²) in [6, 6.07) is 0. The zero-order valence-electron chi connectivity index (χ0n) is 7.17. The van der Waals surface area contributed by atoms with Gasteiger partial charge in [0.25, 0.3) is 0 Å². The molecule has 2 nitrogen and oxygen atoms in total. The topological polar surface area (TPSA) is 40.1 Å². The van der Waals surface area contributed by atoms with E-state index >= 15 is 0 Å². The third kappa shape index (κ3) is 6.68. The fraction of sp³-hybridized carbons (Fsp3) is 0.875. The molecule has 0 bridgehead atoms. The second-order valence-electron chi connectivity index (χ2n) is 2.57. The van der Waals surface area contributed by atoms with E-state index in [9.17, 15) is 9.90 Å². The first-order valence-electron chi connectivity index (χ1n) is 3.93. The van der Waals surface area contributed by atoms with Crippen LogP contribution in [-0.4, -0.2) is 30.4 Å². The van der Waals surface area contributed by atoms with E-state index in [1.165, 1.54) is 0 Å². The van der Waals surface area contributed by atoms with Gasteiger partial charge in [0.15, 0.2) is 0 Å². The Bertz CT molecular complexity index is 104. The van der Waals surface area contributed by atoms with Crippen molar-refractivity contribution in [3.8, 4) is 0 Å².